The number of hydrogen-bond donors (Lipinski definition) is 2. The van der Waals surface area contributed by atoms with Crippen LogP contribution in [-0.2, 0) is 10.0 Å². The number of hydrogen-bond acceptors (Lipinski definition) is 4. The second-order valence-corrected chi connectivity index (χ2v) is 8.77. The van der Waals surface area contributed by atoms with Gasteiger partial charge in [0.25, 0.3) is 15.9 Å². The highest BCUT2D eigenvalue weighted by atomic mass is 79.9. The van der Waals surface area contributed by atoms with Crippen LogP contribution in [0.25, 0.3) is 0 Å². The number of nitrogens with one attached hydrogen (secondary N) is 2. The van der Waals surface area contributed by atoms with E-state index >= 15 is 0 Å². The predicted octanol–water partition coefficient (Wildman–Crippen LogP) is 2.20. The smallest absolute Gasteiger partial charge is 0.252 e. The minimum absolute atomic E-state index is 0.0417. The molecule has 2 rings (SSSR count). The molecule has 5 nitrogen and oxygen atoms in total. The lowest BCUT2D eigenvalue weighted by atomic mass is 10.1. The molecule has 0 radical (unpaired) electrons. The first-order chi connectivity index (χ1) is 10.9. The summed E-state index contributed by atoms with van der Waals surface area (Å²) in [6.45, 7) is -0.0417. The molecule has 0 bridgehead atoms. The van der Waals surface area contributed by atoms with Gasteiger partial charge in [0.2, 0.25) is 0 Å². The SMILES string of the molecule is CNC(=O)c1ccccc1C#CCNS(=O)(=O)c1ccc(Br)s1. The number of rotatable bonds is 4. The highest BCUT2D eigenvalue weighted by Gasteiger charge is 2.15. The van der Waals surface area contributed by atoms with Gasteiger partial charge in [-0.3, -0.25) is 4.79 Å². The Bertz CT molecular complexity index is 879. The summed E-state index contributed by atoms with van der Waals surface area (Å²) in [6, 6.07) is 10.1. The van der Waals surface area contributed by atoms with Crippen molar-refractivity contribution in [3.63, 3.8) is 0 Å². The van der Waals surface area contributed by atoms with Crippen LogP contribution >= 0.6 is 27.3 Å². The number of sulfonamides is 1. The summed E-state index contributed by atoms with van der Waals surface area (Å²) in [4.78, 5) is 11.7. The molecule has 1 amide bonds. The molecule has 0 unspecified atom stereocenters. The Morgan fingerprint density at radius 2 is 2.00 bits per heavy atom. The number of halogens is 1. The third-order valence-electron chi connectivity index (χ3n) is 2.79. The maximum absolute atomic E-state index is 12.0. The van der Waals surface area contributed by atoms with Crippen LogP contribution in [0.15, 0.2) is 44.4 Å². The Hall–Kier alpha value is -1.66. The molecular formula is C15H13BrN2O3S2. The summed E-state index contributed by atoms with van der Waals surface area (Å²) >= 11 is 4.35. The van der Waals surface area contributed by atoms with Gasteiger partial charge in [-0.2, -0.15) is 4.72 Å². The van der Waals surface area contributed by atoms with Gasteiger partial charge in [0.1, 0.15) is 4.21 Å². The zero-order chi connectivity index (χ0) is 16.9. The fraction of sp³-hybridized carbons (Fsp3) is 0.133. The molecule has 8 heteroatoms. The molecule has 0 aliphatic heterocycles. The Kier molecular flexibility index (Phi) is 5.96. The first kappa shape index (κ1) is 17.7. The minimum Gasteiger partial charge on any atom is -0.355 e. The fourth-order valence-corrected chi connectivity index (χ4v) is 4.69. The molecule has 1 heterocycles. The average Bonchev–Trinajstić information content (AvgIpc) is 2.98. The van der Waals surface area contributed by atoms with Crippen molar-refractivity contribution >= 4 is 43.2 Å². The van der Waals surface area contributed by atoms with Gasteiger partial charge < -0.3 is 5.32 Å². The molecule has 0 atom stereocenters. The van der Waals surface area contributed by atoms with Crippen molar-refractivity contribution in [1.82, 2.24) is 10.0 Å². The lowest BCUT2D eigenvalue weighted by Gasteiger charge is -2.02. The Morgan fingerprint density at radius 3 is 2.65 bits per heavy atom. The van der Waals surface area contributed by atoms with Crippen LogP contribution in [-0.4, -0.2) is 27.9 Å². The van der Waals surface area contributed by atoms with Gasteiger partial charge in [-0.05, 0) is 40.2 Å². The third kappa shape index (κ3) is 4.65. The van der Waals surface area contributed by atoms with Crippen LogP contribution in [0.3, 0.4) is 0 Å². The van der Waals surface area contributed by atoms with Gasteiger partial charge in [0.05, 0.1) is 15.9 Å². The van der Waals surface area contributed by atoms with Crippen molar-refractivity contribution in [2.24, 2.45) is 0 Å². The van der Waals surface area contributed by atoms with E-state index in [1.54, 1.807) is 37.4 Å². The van der Waals surface area contributed by atoms with Crippen LogP contribution in [0.5, 0.6) is 0 Å². The van der Waals surface area contributed by atoms with Crippen LogP contribution < -0.4 is 10.0 Å². The van der Waals surface area contributed by atoms with Crippen LogP contribution in [0.1, 0.15) is 15.9 Å². The van der Waals surface area contributed by atoms with Gasteiger partial charge in [-0.1, -0.05) is 24.0 Å². The first-order valence-electron chi connectivity index (χ1n) is 6.49. The number of carbonyl (C=O) groups excluding carboxylic acids is 1. The predicted molar refractivity (Wildman–Crippen MR) is 93.9 cm³/mol. The minimum atomic E-state index is -3.57. The molecule has 120 valence electrons. The highest BCUT2D eigenvalue weighted by Crippen LogP contribution is 2.25. The van der Waals surface area contributed by atoms with Crippen molar-refractivity contribution < 1.29 is 13.2 Å². The summed E-state index contributed by atoms with van der Waals surface area (Å²) in [5.41, 5.74) is 0.998. The van der Waals surface area contributed by atoms with Gasteiger partial charge in [0.15, 0.2) is 0 Å². The van der Waals surface area contributed by atoms with Gasteiger partial charge in [-0.25, -0.2) is 8.42 Å². The second kappa shape index (κ2) is 7.75. The molecule has 2 N–H and O–H groups in total. The standard InChI is InChI=1S/C15H13BrN2O3S2/c1-17-15(19)12-7-3-2-5-11(12)6-4-10-18-23(20,21)14-9-8-13(16)22-14/h2-3,5,7-9,18H,10H2,1H3,(H,17,19). The maximum atomic E-state index is 12.0. The van der Waals surface area contributed by atoms with E-state index in [1.807, 2.05) is 0 Å². The summed E-state index contributed by atoms with van der Waals surface area (Å²) in [5.74, 6) is 5.30. The molecule has 0 aliphatic carbocycles. The average molecular weight is 413 g/mol. The summed E-state index contributed by atoms with van der Waals surface area (Å²) < 4.78 is 27.4. The van der Waals surface area contributed by atoms with Gasteiger partial charge in [0, 0.05) is 12.6 Å². The van der Waals surface area contributed by atoms with Crippen molar-refractivity contribution in [2.75, 3.05) is 13.6 Å². The van der Waals surface area contributed by atoms with Crippen molar-refractivity contribution in [2.45, 2.75) is 4.21 Å². The maximum Gasteiger partial charge on any atom is 0.252 e. The lowest BCUT2D eigenvalue weighted by Crippen LogP contribution is -2.23. The summed E-state index contributed by atoms with van der Waals surface area (Å²) in [7, 11) is -2.03. The quantitative estimate of drug-likeness (QED) is 0.755. The Labute approximate surface area is 147 Å². The summed E-state index contributed by atoms with van der Waals surface area (Å²) in [6.07, 6.45) is 0. The fourth-order valence-electron chi connectivity index (χ4n) is 1.71. The van der Waals surface area contributed by atoms with E-state index in [9.17, 15) is 13.2 Å². The number of benzene rings is 1. The van der Waals surface area contributed by atoms with Crippen molar-refractivity contribution in [3.8, 4) is 11.8 Å². The highest BCUT2D eigenvalue weighted by molar-refractivity contribution is 9.11. The Balaban J connectivity index is 2.09. The zero-order valence-electron chi connectivity index (χ0n) is 12.1. The zero-order valence-corrected chi connectivity index (χ0v) is 15.3. The molecular weight excluding hydrogens is 400 g/mol. The molecule has 0 fully saturated rings. The molecule has 0 spiro atoms. The van der Waals surface area contributed by atoms with Crippen molar-refractivity contribution in [1.29, 1.82) is 0 Å². The monoisotopic (exact) mass is 412 g/mol. The molecule has 23 heavy (non-hydrogen) atoms. The largest absolute Gasteiger partial charge is 0.355 e. The third-order valence-corrected chi connectivity index (χ3v) is 6.30. The Morgan fingerprint density at radius 1 is 1.26 bits per heavy atom. The topological polar surface area (TPSA) is 75.3 Å². The number of carbonyl (C=O) groups is 1. The van der Waals surface area contributed by atoms with E-state index in [-0.39, 0.29) is 16.7 Å². The molecule has 0 saturated heterocycles. The van der Waals surface area contributed by atoms with Gasteiger partial charge >= 0.3 is 0 Å². The van der Waals surface area contributed by atoms with Crippen molar-refractivity contribution in [3.05, 3.63) is 51.3 Å². The molecule has 0 aliphatic rings. The van der Waals surface area contributed by atoms with E-state index in [1.165, 1.54) is 6.07 Å². The summed E-state index contributed by atoms with van der Waals surface area (Å²) in [5, 5.41) is 2.54. The van der Waals surface area contributed by atoms with E-state index < -0.39 is 10.0 Å². The van der Waals surface area contributed by atoms with E-state index in [0.717, 1.165) is 15.1 Å². The van der Waals surface area contributed by atoms with E-state index in [4.69, 9.17) is 0 Å². The van der Waals surface area contributed by atoms with Crippen LogP contribution in [0, 0.1) is 11.8 Å². The normalized spacial score (nSPS) is 10.7. The lowest BCUT2D eigenvalue weighted by molar-refractivity contribution is 0.0963. The molecule has 2 aromatic rings. The van der Waals surface area contributed by atoms with Crippen LogP contribution in [0.4, 0.5) is 0 Å². The molecule has 1 aromatic heterocycles. The second-order valence-electron chi connectivity index (χ2n) is 4.31. The first-order valence-corrected chi connectivity index (χ1v) is 9.58. The van der Waals surface area contributed by atoms with E-state index in [0.29, 0.717) is 11.1 Å². The number of thiophene rings is 1. The molecule has 1 aromatic carbocycles. The van der Waals surface area contributed by atoms with E-state index in [2.05, 4.69) is 37.8 Å². The number of amides is 1. The molecule has 0 saturated carbocycles. The van der Waals surface area contributed by atoms with Crippen LogP contribution in [0.2, 0.25) is 0 Å². The van der Waals surface area contributed by atoms with Gasteiger partial charge in [-0.15, -0.1) is 11.3 Å².